The van der Waals surface area contributed by atoms with Crippen molar-refractivity contribution in [1.29, 1.82) is 0 Å². The van der Waals surface area contributed by atoms with Crippen molar-refractivity contribution in [2.24, 2.45) is 0 Å². The summed E-state index contributed by atoms with van der Waals surface area (Å²) in [5.41, 5.74) is 2.53. The number of hydrogen-bond acceptors (Lipinski definition) is 2. The van der Waals surface area contributed by atoms with Gasteiger partial charge in [-0.3, -0.25) is 0 Å². The molecule has 1 heterocycles. The number of piperidine rings is 1. The molecule has 2 nitrogen and oxygen atoms in total. The maximum Gasteiger partial charge on any atom is 0.0522 e. The maximum absolute atomic E-state index is 9.56. The predicted octanol–water partition coefficient (Wildman–Crippen LogP) is 2.64. The second-order valence-electron chi connectivity index (χ2n) is 6.05. The van der Waals surface area contributed by atoms with Gasteiger partial charge in [-0.2, -0.15) is 0 Å². The van der Waals surface area contributed by atoms with Gasteiger partial charge in [-0.1, -0.05) is 44.5 Å². The van der Waals surface area contributed by atoms with Crippen molar-refractivity contribution in [3.05, 3.63) is 35.4 Å². The van der Waals surface area contributed by atoms with E-state index in [0.717, 1.165) is 13.0 Å². The van der Waals surface area contributed by atoms with E-state index in [9.17, 15) is 5.11 Å². The van der Waals surface area contributed by atoms with Gasteiger partial charge in [0, 0.05) is 11.5 Å². The highest BCUT2D eigenvalue weighted by Gasteiger charge is 2.23. The van der Waals surface area contributed by atoms with Crippen LogP contribution in [0.2, 0.25) is 0 Å². The first kappa shape index (κ1) is 13.6. The lowest BCUT2D eigenvalue weighted by Gasteiger charge is -2.29. The fraction of sp³-hybridized carbons (Fsp3) is 0.625. The first-order chi connectivity index (χ1) is 8.63. The molecule has 0 aliphatic carbocycles. The van der Waals surface area contributed by atoms with Crippen LogP contribution >= 0.6 is 0 Å². The van der Waals surface area contributed by atoms with Crippen molar-refractivity contribution >= 4 is 0 Å². The quantitative estimate of drug-likeness (QED) is 0.857. The molecule has 1 fully saturated rings. The summed E-state index contributed by atoms with van der Waals surface area (Å²) >= 11 is 0. The van der Waals surface area contributed by atoms with E-state index in [-0.39, 0.29) is 12.0 Å². The Labute approximate surface area is 110 Å². The average molecular weight is 247 g/mol. The Morgan fingerprint density at radius 2 is 2.06 bits per heavy atom. The predicted molar refractivity (Wildman–Crippen MR) is 75.9 cm³/mol. The minimum atomic E-state index is -0.148. The lowest BCUT2D eigenvalue weighted by atomic mass is 9.80. The van der Waals surface area contributed by atoms with Crippen LogP contribution in [-0.2, 0) is 11.8 Å². The van der Waals surface area contributed by atoms with E-state index in [2.05, 4.69) is 43.4 Å². The molecule has 18 heavy (non-hydrogen) atoms. The Hall–Kier alpha value is -0.860. The molecule has 1 unspecified atom stereocenters. The molecule has 1 aliphatic heterocycles. The fourth-order valence-corrected chi connectivity index (χ4v) is 2.81. The summed E-state index contributed by atoms with van der Waals surface area (Å²) < 4.78 is 0. The molecule has 100 valence electrons. The van der Waals surface area contributed by atoms with Crippen molar-refractivity contribution in [3.63, 3.8) is 0 Å². The van der Waals surface area contributed by atoms with Gasteiger partial charge >= 0.3 is 0 Å². The topological polar surface area (TPSA) is 32.3 Å². The smallest absolute Gasteiger partial charge is 0.0522 e. The van der Waals surface area contributed by atoms with Crippen LogP contribution in [0, 0.1) is 0 Å². The highest BCUT2D eigenvalue weighted by Crippen LogP contribution is 2.27. The normalized spacial score (nSPS) is 20.9. The molecule has 0 spiro atoms. The first-order valence-corrected chi connectivity index (χ1v) is 7.06. The molecule has 0 radical (unpaired) electrons. The van der Waals surface area contributed by atoms with E-state index >= 15 is 0 Å². The monoisotopic (exact) mass is 247 g/mol. The number of aliphatic hydroxyl groups excluding tert-OH is 1. The highest BCUT2D eigenvalue weighted by molar-refractivity contribution is 5.34. The van der Waals surface area contributed by atoms with E-state index in [1.165, 1.54) is 30.4 Å². The largest absolute Gasteiger partial charge is 0.395 e. The minimum absolute atomic E-state index is 0.148. The van der Waals surface area contributed by atoms with E-state index < -0.39 is 0 Å². The van der Waals surface area contributed by atoms with E-state index in [0.29, 0.717) is 6.04 Å². The van der Waals surface area contributed by atoms with Crippen LogP contribution in [0.1, 0.15) is 44.2 Å². The molecule has 1 aliphatic rings. The zero-order valence-corrected chi connectivity index (χ0v) is 11.6. The summed E-state index contributed by atoms with van der Waals surface area (Å²) in [6.45, 7) is 5.57. The van der Waals surface area contributed by atoms with Crippen molar-refractivity contribution in [2.45, 2.75) is 51.0 Å². The molecule has 2 heteroatoms. The van der Waals surface area contributed by atoms with Crippen LogP contribution in [0.25, 0.3) is 0 Å². The molecule has 2 N–H and O–H groups in total. The minimum Gasteiger partial charge on any atom is -0.395 e. The summed E-state index contributed by atoms with van der Waals surface area (Å²) in [6.07, 6.45) is 5.00. The number of nitrogens with one attached hydrogen (secondary N) is 1. The molecule has 1 atom stereocenters. The molecule has 0 saturated carbocycles. The summed E-state index contributed by atoms with van der Waals surface area (Å²) in [7, 11) is 0. The number of benzene rings is 1. The summed E-state index contributed by atoms with van der Waals surface area (Å²) in [5, 5.41) is 13.2. The second kappa shape index (κ2) is 5.85. The van der Waals surface area contributed by atoms with Crippen LogP contribution in [0.4, 0.5) is 0 Å². The lowest BCUT2D eigenvalue weighted by Crippen LogP contribution is -2.36. The van der Waals surface area contributed by atoms with Gasteiger partial charge in [0.15, 0.2) is 0 Å². The van der Waals surface area contributed by atoms with Gasteiger partial charge in [0.2, 0.25) is 0 Å². The Bertz CT molecular complexity index is 380. The first-order valence-electron chi connectivity index (χ1n) is 7.06. The second-order valence-corrected chi connectivity index (χ2v) is 6.05. The number of aliphatic hydroxyl groups is 1. The van der Waals surface area contributed by atoms with E-state index in [4.69, 9.17) is 0 Å². The van der Waals surface area contributed by atoms with Crippen LogP contribution < -0.4 is 5.32 Å². The van der Waals surface area contributed by atoms with Crippen molar-refractivity contribution in [2.75, 3.05) is 13.2 Å². The SMILES string of the molecule is CC(C)(CO)c1ccccc1CC1CCCCN1. The van der Waals surface area contributed by atoms with Gasteiger partial charge in [0.05, 0.1) is 6.61 Å². The third kappa shape index (κ3) is 3.12. The number of rotatable bonds is 4. The van der Waals surface area contributed by atoms with Crippen molar-refractivity contribution in [3.8, 4) is 0 Å². The van der Waals surface area contributed by atoms with Gasteiger partial charge in [0.25, 0.3) is 0 Å². The fourth-order valence-electron chi connectivity index (χ4n) is 2.81. The highest BCUT2D eigenvalue weighted by atomic mass is 16.3. The summed E-state index contributed by atoms with van der Waals surface area (Å²) in [4.78, 5) is 0. The number of hydrogen-bond donors (Lipinski definition) is 2. The summed E-state index contributed by atoms with van der Waals surface area (Å²) in [6, 6.07) is 9.16. The van der Waals surface area contributed by atoms with Gasteiger partial charge in [-0.25, -0.2) is 0 Å². The molecular formula is C16H25NO. The molecule has 0 aromatic heterocycles. The lowest BCUT2D eigenvalue weighted by molar-refractivity contribution is 0.217. The Kier molecular flexibility index (Phi) is 4.41. The molecule has 1 aromatic carbocycles. The van der Waals surface area contributed by atoms with E-state index in [1.54, 1.807) is 0 Å². The van der Waals surface area contributed by atoms with Crippen LogP contribution in [-0.4, -0.2) is 24.3 Å². The zero-order valence-electron chi connectivity index (χ0n) is 11.6. The van der Waals surface area contributed by atoms with Crippen LogP contribution in [0.3, 0.4) is 0 Å². The van der Waals surface area contributed by atoms with Gasteiger partial charge in [-0.05, 0) is 36.9 Å². The molecule has 1 aromatic rings. The zero-order chi connectivity index (χ0) is 13.0. The van der Waals surface area contributed by atoms with Crippen LogP contribution in [0.15, 0.2) is 24.3 Å². The average Bonchev–Trinajstić information content (AvgIpc) is 2.40. The van der Waals surface area contributed by atoms with Crippen molar-refractivity contribution < 1.29 is 5.11 Å². The molecule has 0 bridgehead atoms. The van der Waals surface area contributed by atoms with Gasteiger partial charge < -0.3 is 10.4 Å². The van der Waals surface area contributed by atoms with Crippen LogP contribution in [0.5, 0.6) is 0 Å². The third-order valence-corrected chi connectivity index (χ3v) is 4.02. The molecule has 1 saturated heterocycles. The van der Waals surface area contributed by atoms with Gasteiger partial charge in [0.1, 0.15) is 0 Å². The third-order valence-electron chi connectivity index (χ3n) is 4.02. The maximum atomic E-state index is 9.56. The molecule has 2 rings (SSSR count). The molecular weight excluding hydrogens is 222 g/mol. The Morgan fingerprint density at radius 3 is 2.72 bits per heavy atom. The summed E-state index contributed by atoms with van der Waals surface area (Å²) in [5.74, 6) is 0. The standard InChI is InChI=1S/C16H25NO/c1-16(2,12-18)15-9-4-3-7-13(15)11-14-8-5-6-10-17-14/h3-4,7,9,14,17-18H,5-6,8,10-12H2,1-2H3. The molecule has 0 amide bonds. The Balaban J connectivity index is 2.16. The Morgan fingerprint density at radius 1 is 1.28 bits per heavy atom. The van der Waals surface area contributed by atoms with Crippen molar-refractivity contribution in [1.82, 2.24) is 5.32 Å². The van der Waals surface area contributed by atoms with E-state index in [1.807, 2.05) is 0 Å². The van der Waals surface area contributed by atoms with Gasteiger partial charge in [-0.15, -0.1) is 0 Å².